The predicted octanol–water partition coefficient (Wildman–Crippen LogP) is 2.95. The molecular formula is C55H40O34. The van der Waals surface area contributed by atoms with Gasteiger partial charge in [0.2, 0.25) is 18.1 Å². The van der Waals surface area contributed by atoms with Crippen LogP contribution in [0.4, 0.5) is 0 Å². The van der Waals surface area contributed by atoms with Gasteiger partial charge in [-0.3, -0.25) is 0 Å². The van der Waals surface area contributed by atoms with E-state index in [1.165, 1.54) is 0 Å². The van der Waals surface area contributed by atoms with Crippen LogP contribution in [0.25, 0.3) is 0 Å². The molecule has 1 heterocycles. The van der Waals surface area contributed by atoms with Crippen molar-refractivity contribution in [2.24, 2.45) is 0 Å². The standard InChI is InChI=1S/C55H40O34/c56-23-1-16(2-24(57)38(23)68)48(75)82-15-37-45(86-51(78)19-7-29(62)41(71)30(63)8-19)46(47(88-52(79)20-9-31(64)42(72)32(65)10-20)55(85-37)89-54(81)21-11-33(66)43(73)34(67)12-21)87-53(80)22-13-35(83-49(76)17-3-25(58)39(69)26(59)4-17)44(74)36(14-22)84-50(77)18-5-27(60)40(70)28(61)6-18/h1-14,37,45-47,55-74H,15H2. The minimum Gasteiger partial charge on any atom is -0.504 e. The van der Waals surface area contributed by atoms with Crippen LogP contribution >= 0.6 is 0 Å². The highest BCUT2D eigenvalue weighted by molar-refractivity contribution is 5.98. The second-order valence-corrected chi connectivity index (χ2v) is 18.4. The monoisotopic (exact) mass is 1240 g/mol. The van der Waals surface area contributed by atoms with Gasteiger partial charge in [-0.15, -0.1) is 0 Å². The molecule has 89 heavy (non-hydrogen) atoms. The van der Waals surface area contributed by atoms with Crippen molar-refractivity contribution < 1.29 is 168 Å². The molecule has 1 fully saturated rings. The molecule has 7 aromatic carbocycles. The fourth-order valence-corrected chi connectivity index (χ4v) is 8.00. The molecule has 8 rings (SSSR count). The molecule has 0 amide bonds. The smallest absolute Gasteiger partial charge is 0.343 e. The highest BCUT2D eigenvalue weighted by Crippen LogP contribution is 2.45. The van der Waals surface area contributed by atoms with E-state index >= 15 is 4.79 Å². The number of phenolic OH excluding ortho intramolecular Hbond substituents is 19. The van der Waals surface area contributed by atoms with Crippen molar-refractivity contribution in [2.45, 2.75) is 30.7 Å². The van der Waals surface area contributed by atoms with E-state index in [1.54, 1.807) is 0 Å². The van der Waals surface area contributed by atoms with Crippen LogP contribution in [0.1, 0.15) is 72.5 Å². The van der Waals surface area contributed by atoms with Gasteiger partial charge in [0.1, 0.15) is 12.7 Å². The van der Waals surface area contributed by atoms with Gasteiger partial charge in [-0.1, -0.05) is 0 Å². The van der Waals surface area contributed by atoms with Crippen molar-refractivity contribution in [3.8, 4) is 121 Å². The summed E-state index contributed by atoms with van der Waals surface area (Å²) in [7, 11) is 0. The Morgan fingerprint density at radius 3 is 0.820 bits per heavy atom. The lowest BCUT2D eigenvalue weighted by atomic mass is 9.97. The molecule has 0 saturated carbocycles. The van der Waals surface area contributed by atoms with Crippen molar-refractivity contribution >= 4 is 41.8 Å². The van der Waals surface area contributed by atoms with Crippen molar-refractivity contribution in [3.05, 3.63) is 124 Å². The molecule has 0 spiro atoms. The molecule has 0 aliphatic carbocycles. The Hall–Kier alpha value is -13.0. The Labute approximate surface area is 491 Å². The quantitative estimate of drug-likeness (QED) is 0.0304. The third-order valence-corrected chi connectivity index (χ3v) is 12.4. The van der Waals surface area contributed by atoms with Crippen molar-refractivity contribution in [3.63, 3.8) is 0 Å². The SMILES string of the molecule is O=C(OCC1OC(OC(=O)c2cc(O)c(O)c(O)c2)C(OC(=O)c2cc(O)c(O)c(O)c2)C(OC(=O)c2cc(OC(=O)c3cc(O)c(O)c(O)c3)c(O)c(OC(=O)c3cc(O)c(O)c(O)c3)c2)C1OC(=O)c1cc(O)c(O)c(O)c1)c1cc(O)c(O)c(O)c1. The maximum Gasteiger partial charge on any atom is 0.343 e. The van der Waals surface area contributed by atoms with Gasteiger partial charge in [0.05, 0.1) is 38.9 Å². The largest absolute Gasteiger partial charge is 0.504 e. The molecule has 1 aliphatic heterocycles. The maximum absolute atomic E-state index is 15.0. The molecule has 5 atom stereocenters. The first-order valence-electron chi connectivity index (χ1n) is 24.3. The summed E-state index contributed by atoms with van der Waals surface area (Å²) in [6.07, 6.45) is -13.4. The Kier molecular flexibility index (Phi) is 16.9. The normalized spacial score (nSPS) is 16.0. The third kappa shape index (κ3) is 12.9. The van der Waals surface area contributed by atoms with Crippen LogP contribution in [0, 0.1) is 0 Å². The van der Waals surface area contributed by atoms with E-state index < -0.39 is 239 Å². The van der Waals surface area contributed by atoms with Gasteiger partial charge in [-0.2, -0.15) is 0 Å². The summed E-state index contributed by atoms with van der Waals surface area (Å²) in [5.41, 5.74) is -6.28. The number of rotatable bonds is 15. The topological polar surface area (TPSA) is 578 Å². The predicted molar refractivity (Wildman–Crippen MR) is 279 cm³/mol. The van der Waals surface area contributed by atoms with E-state index in [9.17, 15) is 126 Å². The summed E-state index contributed by atoms with van der Waals surface area (Å²) in [6, 6.07) is 6.82. The fourth-order valence-electron chi connectivity index (χ4n) is 8.00. The van der Waals surface area contributed by atoms with Crippen LogP contribution in [0.5, 0.6) is 121 Å². The van der Waals surface area contributed by atoms with Gasteiger partial charge in [0, 0.05) is 0 Å². The molecule has 1 aliphatic rings. The fraction of sp³-hybridized carbons (Fsp3) is 0.109. The minimum absolute atomic E-state index is 0.402. The molecule has 1 saturated heterocycles. The van der Waals surface area contributed by atoms with Gasteiger partial charge in [-0.25, -0.2) is 33.6 Å². The molecule has 0 radical (unpaired) electrons. The number of aromatic hydroxyl groups is 19. The molecule has 34 nitrogen and oxygen atoms in total. The summed E-state index contributed by atoms with van der Waals surface area (Å²) in [5, 5.41) is 194. The van der Waals surface area contributed by atoms with Crippen LogP contribution in [0.15, 0.2) is 84.9 Å². The van der Waals surface area contributed by atoms with Crippen LogP contribution in [-0.2, 0) is 28.4 Å². The summed E-state index contributed by atoms with van der Waals surface area (Å²) in [4.78, 5) is 98.3. The molecule has 464 valence electrons. The Balaban J connectivity index is 1.32. The van der Waals surface area contributed by atoms with Gasteiger partial charge in [0.25, 0.3) is 0 Å². The van der Waals surface area contributed by atoms with E-state index in [2.05, 4.69) is 0 Å². The van der Waals surface area contributed by atoms with Gasteiger partial charge in [-0.05, 0) is 84.9 Å². The van der Waals surface area contributed by atoms with E-state index in [-0.39, 0.29) is 0 Å². The Morgan fingerprint density at radius 1 is 0.281 bits per heavy atom. The number of carbonyl (C=O) groups is 7. The van der Waals surface area contributed by atoms with Crippen molar-refractivity contribution in [1.29, 1.82) is 0 Å². The number of ether oxygens (including phenoxy) is 8. The zero-order valence-corrected chi connectivity index (χ0v) is 43.8. The second kappa shape index (κ2) is 24.3. The third-order valence-electron chi connectivity index (χ3n) is 12.4. The first kappa shape index (κ1) is 62.0. The van der Waals surface area contributed by atoms with Crippen LogP contribution in [0.2, 0.25) is 0 Å². The number of hydrogen-bond donors (Lipinski definition) is 19. The summed E-state index contributed by atoms with van der Waals surface area (Å²) < 4.78 is 44.3. The minimum atomic E-state index is -2.82. The molecule has 7 aromatic rings. The van der Waals surface area contributed by atoms with Crippen molar-refractivity contribution in [1.82, 2.24) is 0 Å². The summed E-state index contributed by atoms with van der Waals surface area (Å²) in [6.45, 7) is -1.42. The zero-order valence-electron chi connectivity index (χ0n) is 43.8. The Bertz CT molecular complexity index is 3860. The van der Waals surface area contributed by atoms with Gasteiger partial charge in [0.15, 0.2) is 127 Å². The highest BCUT2D eigenvalue weighted by Gasteiger charge is 2.55. The lowest BCUT2D eigenvalue weighted by Crippen LogP contribution is -2.63. The van der Waals surface area contributed by atoms with E-state index in [0.29, 0.717) is 84.9 Å². The maximum atomic E-state index is 15.0. The Morgan fingerprint density at radius 2 is 0.517 bits per heavy atom. The molecule has 34 heteroatoms. The van der Waals surface area contributed by atoms with E-state index in [4.69, 9.17) is 37.9 Å². The van der Waals surface area contributed by atoms with Crippen LogP contribution < -0.4 is 9.47 Å². The molecule has 19 N–H and O–H groups in total. The average Bonchev–Trinajstić information content (AvgIpc) is 1.38. The summed E-state index contributed by atoms with van der Waals surface area (Å²) >= 11 is 0. The molecule has 0 bridgehead atoms. The van der Waals surface area contributed by atoms with Gasteiger partial charge >= 0.3 is 41.8 Å². The first-order chi connectivity index (χ1) is 41.8. The number of hydrogen-bond acceptors (Lipinski definition) is 34. The summed E-state index contributed by atoms with van der Waals surface area (Å²) in [5.74, 6) is -37.0. The average molecular weight is 1240 g/mol. The second-order valence-electron chi connectivity index (χ2n) is 18.4. The number of benzene rings is 7. The number of carbonyl (C=O) groups excluding carboxylic acids is 7. The van der Waals surface area contributed by atoms with E-state index in [1.807, 2.05) is 0 Å². The highest BCUT2D eigenvalue weighted by atomic mass is 16.7. The van der Waals surface area contributed by atoms with Crippen LogP contribution in [0.3, 0.4) is 0 Å². The molecule has 5 unspecified atom stereocenters. The van der Waals surface area contributed by atoms with Crippen LogP contribution in [-0.4, -0.2) is 176 Å². The number of esters is 7. The van der Waals surface area contributed by atoms with Crippen molar-refractivity contribution in [2.75, 3.05) is 6.61 Å². The van der Waals surface area contributed by atoms with E-state index in [0.717, 1.165) is 0 Å². The number of phenols is 19. The lowest BCUT2D eigenvalue weighted by molar-refractivity contribution is -0.282. The molecular weight excluding hydrogens is 1200 g/mol. The molecule has 0 aromatic heterocycles. The zero-order chi connectivity index (χ0) is 65.4. The first-order valence-corrected chi connectivity index (χ1v) is 24.3. The van der Waals surface area contributed by atoms with Gasteiger partial charge < -0.3 is 135 Å². The lowest BCUT2D eigenvalue weighted by Gasteiger charge is -2.43.